The van der Waals surface area contributed by atoms with Crippen molar-refractivity contribution in [2.75, 3.05) is 26.2 Å². The molecule has 2 rings (SSSR count). The lowest BCUT2D eigenvalue weighted by Crippen LogP contribution is -2.49. The molecule has 0 aromatic carbocycles. The summed E-state index contributed by atoms with van der Waals surface area (Å²) < 4.78 is 12.6. The Balaban J connectivity index is 1.76. The van der Waals surface area contributed by atoms with Gasteiger partial charge in [-0.05, 0) is 83.2 Å². The summed E-state index contributed by atoms with van der Waals surface area (Å²) in [6.07, 6.45) is 38.0. The van der Waals surface area contributed by atoms with Gasteiger partial charge in [0, 0.05) is 13.0 Å². The van der Waals surface area contributed by atoms with Crippen LogP contribution in [-0.2, 0) is 19.1 Å². The number of fused-ring (bicyclic) bond motifs is 1. The molecule has 6 nitrogen and oxygen atoms in total. The minimum absolute atomic E-state index is 0.0687. The summed E-state index contributed by atoms with van der Waals surface area (Å²) in [7, 11) is 0. The van der Waals surface area contributed by atoms with Gasteiger partial charge in [0.1, 0.15) is 6.61 Å². The quantitative estimate of drug-likeness (QED) is 0.0393. The second kappa shape index (κ2) is 29.8. The third-order valence-corrected chi connectivity index (χ3v) is 12.4. The summed E-state index contributed by atoms with van der Waals surface area (Å²) in [6, 6.07) is -0.292. The van der Waals surface area contributed by atoms with Crippen LogP contribution in [0.1, 0.15) is 215 Å². The SMILES string of the molecule is CCCCCCCC/C=C\CCCCCCCC(=O)N[C@@H](COC(=O)CCN(CC)CC)[C@@H]1OC(C)(C)C2C(CCCCCCCCCCCCC)[C@@H]21. The maximum absolute atomic E-state index is 13.3. The molecular weight excluding hydrogens is 657 g/mol. The summed E-state index contributed by atoms with van der Waals surface area (Å²) in [6.45, 7) is 16.0. The number of ether oxygens (including phenoxy) is 2. The number of amides is 1. The van der Waals surface area contributed by atoms with Crippen molar-refractivity contribution < 1.29 is 19.1 Å². The van der Waals surface area contributed by atoms with Crippen LogP contribution >= 0.6 is 0 Å². The third kappa shape index (κ3) is 20.9. The van der Waals surface area contributed by atoms with E-state index in [4.69, 9.17) is 9.47 Å². The van der Waals surface area contributed by atoms with Gasteiger partial charge >= 0.3 is 5.97 Å². The fourth-order valence-corrected chi connectivity index (χ4v) is 9.00. The van der Waals surface area contributed by atoms with Crippen molar-refractivity contribution in [2.45, 2.75) is 233 Å². The van der Waals surface area contributed by atoms with Crippen molar-refractivity contribution in [3.8, 4) is 0 Å². The molecule has 2 unspecified atom stereocenters. The number of esters is 1. The molecule has 0 bridgehead atoms. The molecule has 5 atom stereocenters. The third-order valence-electron chi connectivity index (χ3n) is 12.4. The molecule has 1 N–H and O–H groups in total. The molecule has 0 aromatic rings. The molecule has 53 heavy (non-hydrogen) atoms. The summed E-state index contributed by atoms with van der Waals surface area (Å²) in [5.74, 6) is 1.49. The number of unbranched alkanes of at least 4 members (excludes halogenated alkanes) is 21. The number of carbonyl (C=O) groups excluding carboxylic acids is 2. The van der Waals surface area contributed by atoms with E-state index in [1.807, 2.05) is 0 Å². The van der Waals surface area contributed by atoms with Crippen LogP contribution in [0.2, 0.25) is 0 Å². The Morgan fingerprint density at radius 1 is 0.679 bits per heavy atom. The monoisotopic (exact) mass is 745 g/mol. The van der Waals surface area contributed by atoms with Crippen LogP contribution in [-0.4, -0.2) is 60.8 Å². The summed E-state index contributed by atoms with van der Waals surface area (Å²) >= 11 is 0. The summed E-state index contributed by atoms with van der Waals surface area (Å²) in [4.78, 5) is 28.4. The molecule has 0 aromatic heterocycles. The van der Waals surface area contributed by atoms with Crippen LogP contribution in [0.3, 0.4) is 0 Å². The van der Waals surface area contributed by atoms with Crippen molar-refractivity contribution in [1.82, 2.24) is 10.2 Å². The fraction of sp³-hybridized carbons (Fsp3) is 0.915. The molecule has 1 saturated heterocycles. The normalized spacial score (nSPS) is 21.0. The van der Waals surface area contributed by atoms with Gasteiger partial charge in [0.15, 0.2) is 0 Å². The van der Waals surface area contributed by atoms with E-state index in [9.17, 15) is 9.59 Å². The van der Waals surface area contributed by atoms with Crippen LogP contribution in [0.15, 0.2) is 12.2 Å². The Morgan fingerprint density at radius 3 is 1.70 bits per heavy atom. The zero-order chi connectivity index (χ0) is 38.6. The molecule has 2 aliphatic rings. The van der Waals surface area contributed by atoms with E-state index in [2.05, 4.69) is 63.9 Å². The number of rotatable bonds is 36. The lowest BCUT2D eigenvalue weighted by Gasteiger charge is -2.32. The standard InChI is InChI=1S/C47H88N2O4/c1-7-11-13-15-17-19-21-22-23-24-26-28-30-32-34-36-42(50)48-41(39-52-43(51)37-38-49(9-3)10-4)46-44-40(45(44)47(5,6)53-46)35-33-31-29-27-25-20-18-16-14-12-8-2/h22-23,40-41,44-46H,7-21,24-39H2,1-6H3,(H,48,50)/b23-22-/t40?,41-,44-,45?,46-/m0/s1. The second-order valence-electron chi connectivity index (χ2n) is 17.2. The van der Waals surface area contributed by atoms with Crippen molar-refractivity contribution in [2.24, 2.45) is 17.8 Å². The fourth-order valence-electron chi connectivity index (χ4n) is 9.00. The van der Waals surface area contributed by atoms with Gasteiger partial charge in [0.25, 0.3) is 0 Å². The van der Waals surface area contributed by atoms with E-state index in [1.165, 1.54) is 148 Å². The average Bonchev–Trinajstić information content (AvgIpc) is 3.81. The zero-order valence-electron chi connectivity index (χ0n) is 36.0. The number of hydrogen-bond donors (Lipinski definition) is 1. The van der Waals surface area contributed by atoms with E-state index in [0.717, 1.165) is 25.9 Å². The van der Waals surface area contributed by atoms with E-state index >= 15 is 0 Å². The van der Waals surface area contributed by atoms with Gasteiger partial charge in [0.05, 0.1) is 24.2 Å². The van der Waals surface area contributed by atoms with E-state index in [0.29, 0.717) is 37.1 Å². The highest BCUT2D eigenvalue weighted by Crippen LogP contribution is 2.64. The molecule has 1 saturated carbocycles. The van der Waals surface area contributed by atoms with Crippen molar-refractivity contribution >= 4 is 11.9 Å². The van der Waals surface area contributed by atoms with E-state index < -0.39 is 0 Å². The van der Waals surface area contributed by atoms with Crippen LogP contribution in [0.4, 0.5) is 0 Å². The molecule has 2 fully saturated rings. The smallest absolute Gasteiger partial charge is 0.307 e. The molecule has 1 aliphatic carbocycles. The number of carbonyl (C=O) groups is 2. The van der Waals surface area contributed by atoms with Gasteiger partial charge in [-0.25, -0.2) is 0 Å². The number of allylic oxidation sites excluding steroid dienone is 2. The first-order valence-electron chi connectivity index (χ1n) is 23.3. The Bertz CT molecular complexity index is 947. The number of nitrogens with one attached hydrogen (secondary N) is 1. The first-order valence-corrected chi connectivity index (χ1v) is 23.3. The molecule has 0 radical (unpaired) electrons. The maximum atomic E-state index is 13.3. The Hall–Kier alpha value is -1.40. The molecule has 1 amide bonds. The largest absolute Gasteiger partial charge is 0.463 e. The Kier molecular flexibility index (Phi) is 26.9. The Morgan fingerprint density at radius 2 is 1.17 bits per heavy atom. The lowest BCUT2D eigenvalue weighted by atomic mass is 9.98. The highest BCUT2D eigenvalue weighted by atomic mass is 16.5. The zero-order valence-corrected chi connectivity index (χ0v) is 36.0. The van der Waals surface area contributed by atoms with Crippen LogP contribution in [0, 0.1) is 17.8 Å². The molecule has 6 heteroatoms. The maximum Gasteiger partial charge on any atom is 0.307 e. The van der Waals surface area contributed by atoms with Crippen LogP contribution in [0.25, 0.3) is 0 Å². The van der Waals surface area contributed by atoms with Crippen LogP contribution in [0.5, 0.6) is 0 Å². The highest BCUT2D eigenvalue weighted by molar-refractivity contribution is 5.76. The van der Waals surface area contributed by atoms with E-state index in [-0.39, 0.29) is 36.2 Å². The molecule has 1 aliphatic heterocycles. The van der Waals surface area contributed by atoms with Crippen molar-refractivity contribution in [3.05, 3.63) is 12.2 Å². The van der Waals surface area contributed by atoms with Gasteiger partial charge in [0.2, 0.25) is 5.91 Å². The highest BCUT2D eigenvalue weighted by Gasteiger charge is 2.68. The van der Waals surface area contributed by atoms with Gasteiger partial charge in [-0.3, -0.25) is 9.59 Å². The summed E-state index contributed by atoms with van der Waals surface area (Å²) in [5, 5.41) is 3.32. The van der Waals surface area contributed by atoms with Gasteiger partial charge < -0.3 is 19.7 Å². The first kappa shape index (κ1) is 47.8. The second-order valence-corrected chi connectivity index (χ2v) is 17.2. The summed E-state index contributed by atoms with van der Waals surface area (Å²) in [5.41, 5.74) is -0.211. The Labute approximate surface area is 329 Å². The van der Waals surface area contributed by atoms with Crippen LogP contribution < -0.4 is 5.32 Å². The molecular formula is C47H88N2O4. The molecule has 1 heterocycles. The predicted octanol–water partition coefficient (Wildman–Crippen LogP) is 12.5. The van der Waals surface area contributed by atoms with E-state index in [1.54, 1.807) is 0 Å². The predicted molar refractivity (Wildman–Crippen MR) is 225 cm³/mol. The first-order chi connectivity index (χ1) is 25.8. The van der Waals surface area contributed by atoms with Gasteiger partial charge in [-0.2, -0.15) is 0 Å². The van der Waals surface area contributed by atoms with Crippen molar-refractivity contribution in [3.63, 3.8) is 0 Å². The minimum Gasteiger partial charge on any atom is -0.463 e. The van der Waals surface area contributed by atoms with Crippen molar-refractivity contribution in [1.29, 1.82) is 0 Å². The lowest BCUT2D eigenvalue weighted by molar-refractivity contribution is -0.148. The van der Waals surface area contributed by atoms with Gasteiger partial charge in [-0.15, -0.1) is 0 Å². The molecule has 310 valence electrons. The number of hydrogen-bond acceptors (Lipinski definition) is 5. The van der Waals surface area contributed by atoms with Gasteiger partial charge in [-0.1, -0.05) is 162 Å². The minimum atomic E-state index is -0.292. The number of nitrogens with zero attached hydrogens (tertiary/aromatic N) is 1. The topological polar surface area (TPSA) is 67.9 Å². The molecule has 0 spiro atoms. The average molecular weight is 745 g/mol.